The minimum absolute atomic E-state index is 0.735. The molecular formula is C13H17ClN2. The van der Waals surface area contributed by atoms with Gasteiger partial charge in [-0.1, -0.05) is 25.1 Å². The van der Waals surface area contributed by atoms with Gasteiger partial charge < -0.3 is 4.90 Å². The van der Waals surface area contributed by atoms with Crippen LogP contribution in [0.1, 0.15) is 25.5 Å². The van der Waals surface area contributed by atoms with Crippen molar-refractivity contribution in [3.05, 3.63) is 29.4 Å². The molecule has 2 rings (SSSR count). The summed E-state index contributed by atoms with van der Waals surface area (Å²) in [7, 11) is 0. The number of rotatable bonds is 2. The minimum atomic E-state index is 0.735. The zero-order chi connectivity index (χ0) is 11.5. The highest BCUT2D eigenvalue weighted by atomic mass is 35.5. The Bertz CT molecular complexity index is 382. The maximum absolute atomic E-state index is 6.06. The molecule has 0 unspecified atom stereocenters. The van der Waals surface area contributed by atoms with Crippen molar-refractivity contribution in [3.8, 4) is 0 Å². The van der Waals surface area contributed by atoms with Gasteiger partial charge in [0.05, 0.1) is 5.69 Å². The van der Waals surface area contributed by atoms with Crippen molar-refractivity contribution in [3.63, 3.8) is 0 Å². The molecule has 1 aromatic rings. The molecule has 0 amide bonds. The number of piperidine rings is 1. The first kappa shape index (κ1) is 11.5. The first-order valence-corrected chi connectivity index (χ1v) is 6.12. The van der Waals surface area contributed by atoms with E-state index in [9.17, 15) is 0 Å². The van der Waals surface area contributed by atoms with Gasteiger partial charge in [0.25, 0.3) is 0 Å². The third kappa shape index (κ3) is 2.56. The number of halogens is 1. The van der Waals surface area contributed by atoms with Gasteiger partial charge in [-0.05, 0) is 37.0 Å². The van der Waals surface area contributed by atoms with Gasteiger partial charge in [0.1, 0.15) is 5.82 Å². The Morgan fingerprint density at radius 3 is 2.75 bits per heavy atom. The van der Waals surface area contributed by atoms with Crippen LogP contribution in [0.3, 0.4) is 0 Å². The van der Waals surface area contributed by atoms with E-state index < -0.39 is 0 Å². The second-order valence-electron chi connectivity index (χ2n) is 4.44. The molecule has 0 aliphatic carbocycles. The van der Waals surface area contributed by atoms with Crippen LogP contribution in [-0.2, 0) is 0 Å². The van der Waals surface area contributed by atoms with Crippen molar-refractivity contribution in [2.75, 3.05) is 18.0 Å². The van der Waals surface area contributed by atoms with Crippen LogP contribution in [0.25, 0.3) is 6.08 Å². The molecule has 0 spiro atoms. The Labute approximate surface area is 102 Å². The molecule has 86 valence electrons. The molecule has 1 fully saturated rings. The van der Waals surface area contributed by atoms with E-state index in [1.54, 1.807) is 6.08 Å². The minimum Gasteiger partial charge on any atom is -0.357 e. The van der Waals surface area contributed by atoms with Crippen LogP contribution in [-0.4, -0.2) is 18.1 Å². The fourth-order valence-corrected chi connectivity index (χ4v) is 2.22. The number of nitrogens with zero attached hydrogens (tertiary/aromatic N) is 2. The van der Waals surface area contributed by atoms with Crippen LogP contribution in [0.5, 0.6) is 0 Å². The van der Waals surface area contributed by atoms with E-state index in [-0.39, 0.29) is 0 Å². The van der Waals surface area contributed by atoms with Gasteiger partial charge in [0.2, 0.25) is 0 Å². The lowest BCUT2D eigenvalue weighted by Gasteiger charge is -2.31. The van der Waals surface area contributed by atoms with Crippen molar-refractivity contribution in [1.29, 1.82) is 0 Å². The second-order valence-corrected chi connectivity index (χ2v) is 4.88. The molecule has 3 heteroatoms. The summed E-state index contributed by atoms with van der Waals surface area (Å²) in [6.07, 6.45) is 4.21. The van der Waals surface area contributed by atoms with Crippen molar-refractivity contribution in [2.45, 2.75) is 19.8 Å². The number of hydrogen-bond donors (Lipinski definition) is 0. The molecule has 0 saturated carbocycles. The molecular weight excluding hydrogens is 220 g/mol. The highest BCUT2D eigenvalue weighted by Crippen LogP contribution is 2.24. The highest BCUT2D eigenvalue weighted by Gasteiger charge is 2.17. The topological polar surface area (TPSA) is 16.1 Å². The maximum Gasteiger partial charge on any atom is 0.130 e. The summed E-state index contributed by atoms with van der Waals surface area (Å²) >= 11 is 6.06. The van der Waals surface area contributed by atoms with Crippen LogP contribution < -0.4 is 4.90 Å². The van der Waals surface area contributed by atoms with Crippen molar-refractivity contribution < 1.29 is 0 Å². The molecule has 16 heavy (non-hydrogen) atoms. The Kier molecular flexibility index (Phi) is 3.49. The lowest BCUT2D eigenvalue weighted by Crippen LogP contribution is -2.33. The quantitative estimate of drug-likeness (QED) is 0.780. The van der Waals surface area contributed by atoms with Gasteiger partial charge in [0, 0.05) is 18.1 Å². The maximum atomic E-state index is 6.06. The zero-order valence-corrected chi connectivity index (χ0v) is 10.4. The Balaban J connectivity index is 2.19. The van der Waals surface area contributed by atoms with Crippen LogP contribution in [0.15, 0.2) is 18.7 Å². The lowest BCUT2D eigenvalue weighted by molar-refractivity contribution is 0.436. The molecule has 0 aromatic carbocycles. The fraction of sp³-hybridized carbons (Fsp3) is 0.462. The molecule has 0 radical (unpaired) electrons. The summed E-state index contributed by atoms with van der Waals surface area (Å²) in [6.45, 7) is 8.18. The van der Waals surface area contributed by atoms with Gasteiger partial charge in [-0.25, -0.2) is 4.98 Å². The van der Waals surface area contributed by atoms with E-state index in [0.29, 0.717) is 0 Å². The summed E-state index contributed by atoms with van der Waals surface area (Å²) in [5.74, 6) is 1.81. The number of pyridine rings is 1. The van der Waals surface area contributed by atoms with Gasteiger partial charge in [-0.15, -0.1) is 0 Å². The molecule has 1 saturated heterocycles. The summed E-state index contributed by atoms with van der Waals surface area (Å²) in [5, 5.41) is 0.735. The molecule has 0 bridgehead atoms. The van der Waals surface area contributed by atoms with Crippen LogP contribution in [0.4, 0.5) is 5.82 Å². The summed E-state index contributed by atoms with van der Waals surface area (Å²) in [4.78, 5) is 6.83. The SMILES string of the molecule is C=Cc1cc(Cl)cc(N2CCC(C)CC2)n1. The van der Waals surface area contributed by atoms with Crippen LogP contribution in [0, 0.1) is 5.92 Å². The van der Waals surface area contributed by atoms with E-state index in [4.69, 9.17) is 11.6 Å². The number of anilines is 1. The van der Waals surface area contributed by atoms with E-state index in [1.807, 2.05) is 12.1 Å². The lowest BCUT2D eigenvalue weighted by atomic mass is 9.99. The first-order chi connectivity index (χ1) is 7.69. The van der Waals surface area contributed by atoms with E-state index in [0.717, 1.165) is 35.5 Å². The zero-order valence-electron chi connectivity index (χ0n) is 9.62. The average Bonchev–Trinajstić information content (AvgIpc) is 2.29. The molecule has 0 atom stereocenters. The Hall–Kier alpha value is -1.02. The Morgan fingerprint density at radius 2 is 2.12 bits per heavy atom. The van der Waals surface area contributed by atoms with E-state index in [1.165, 1.54) is 12.8 Å². The molecule has 2 nitrogen and oxygen atoms in total. The largest absolute Gasteiger partial charge is 0.357 e. The molecule has 2 heterocycles. The summed E-state index contributed by atoms with van der Waals surface area (Å²) < 4.78 is 0. The van der Waals surface area contributed by atoms with E-state index in [2.05, 4.69) is 23.4 Å². The first-order valence-electron chi connectivity index (χ1n) is 5.74. The smallest absolute Gasteiger partial charge is 0.130 e. The van der Waals surface area contributed by atoms with Crippen LogP contribution >= 0.6 is 11.6 Å². The van der Waals surface area contributed by atoms with Crippen molar-refractivity contribution in [1.82, 2.24) is 4.98 Å². The summed E-state index contributed by atoms with van der Waals surface area (Å²) in [5.41, 5.74) is 0.848. The average molecular weight is 237 g/mol. The Morgan fingerprint density at radius 1 is 1.44 bits per heavy atom. The van der Waals surface area contributed by atoms with Gasteiger partial charge in [-0.3, -0.25) is 0 Å². The number of hydrogen-bond acceptors (Lipinski definition) is 2. The molecule has 1 aromatic heterocycles. The second kappa shape index (κ2) is 4.88. The van der Waals surface area contributed by atoms with Crippen molar-refractivity contribution in [2.24, 2.45) is 5.92 Å². The summed E-state index contributed by atoms with van der Waals surface area (Å²) in [6, 6.07) is 3.77. The predicted octanol–water partition coefficient (Wildman–Crippen LogP) is 3.61. The highest BCUT2D eigenvalue weighted by molar-refractivity contribution is 6.30. The monoisotopic (exact) mass is 236 g/mol. The third-order valence-electron chi connectivity index (χ3n) is 3.11. The van der Waals surface area contributed by atoms with Crippen LogP contribution in [0.2, 0.25) is 5.02 Å². The van der Waals surface area contributed by atoms with Crippen molar-refractivity contribution >= 4 is 23.5 Å². The van der Waals surface area contributed by atoms with Gasteiger partial charge in [-0.2, -0.15) is 0 Å². The third-order valence-corrected chi connectivity index (χ3v) is 3.33. The number of aromatic nitrogens is 1. The molecule has 0 N–H and O–H groups in total. The van der Waals surface area contributed by atoms with E-state index >= 15 is 0 Å². The van der Waals surface area contributed by atoms with Gasteiger partial charge in [0.15, 0.2) is 0 Å². The predicted molar refractivity (Wildman–Crippen MR) is 69.9 cm³/mol. The fourth-order valence-electron chi connectivity index (χ4n) is 2.01. The molecule has 1 aliphatic heterocycles. The van der Waals surface area contributed by atoms with Gasteiger partial charge >= 0.3 is 0 Å². The molecule has 1 aliphatic rings. The standard InChI is InChI=1S/C13H17ClN2/c1-3-12-8-11(14)9-13(15-12)16-6-4-10(2)5-7-16/h3,8-10H,1,4-7H2,2H3. The normalized spacial score (nSPS) is 17.5.